The molecule has 0 amide bonds. The van der Waals surface area contributed by atoms with Crippen molar-refractivity contribution in [2.75, 3.05) is 10.8 Å². The summed E-state index contributed by atoms with van der Waals surface area (Å²) in [6.07, 6.45) is 3.00. The molecule has 1 saturated carbocycles. The largest absolute Gasteiger partial charge is 0.345 e. The fourth-order valence-corrected chi connectivity index (χ4v) is 6.93. The van der Waals surface area contributed by atoms with Gasteiger partial charge in [-0.15, -0.1) is 0 Å². The molecule has 0 saturated heterocycles. The van der Waals surface area contributed by atoms with Gasteiger partial charge in [-0.25, -0.2) is 8.42 Å². The Morgan fingerprint density at radius 3 is 2.53 bits per heavy atom. The third kappa shape index (κ3) is 3.20. The fourth-order valence-electron chi connectivity index (χ4n) is 5.05. The van der Waals surface area contributed by atoms with Gasteiger partial charge in [0.15, 0.2) is 5.78 Å². The molecule has 3 heterocycles. The van der Waals surface area contributed by atoms with E-state index in [9.17, 15) is 13.2 Å². The summed E-state index contributed by atoms with van der Waals surface area (Å²) in [7, 11) is -3.77. The van der Waals surface area contributed by atoms with Gasteiger partial charge in [-0.3, -0.25) is 13.8 Å². The number of hydrogen-bond donors (Lipinski definition) is 0. The van der Waals surface area contributed by atoms with Crippen LogP contribution < -0.4 is 4.31 Å². The van der Waals surface area contributed by atoms with E-state index in [0.29, 0.717) is 36.0 Å². The number of fused-ring (bicyclic) bond motifs is 1. The average Bonchev–Trinajstić information content (AvgIpc) is 3.28. The summed E-state index contributed by atoms with van der Waals surface area (Å²) in [6.45, 7) is 7.88. The van der Waals surface area contributed by atoms with Crippen LogP contribution in [0.1, 0.15) is 57.6 Å². The molecule has 168 valence electrons. The summed E-state index contributed by atoms with van der Waals surface area (Å²) in [5.74, 6) is -0.0499. The molecule has 7 nitrogen and oxygen atoms in total. The average molecular weight is 453 g/mol. The van der Waals surface area contributed by atoms with Crippen LogP contribution in [0.15, 0.2) is 35.2 Å². The number of aromatic nitrogens is 3. The van der Waals surface area contributed by atoms with Gasteiger partial charge in [0, 0.05) is 29.5 Å². The van der Waals surface area contributed by atoms with Gasteiger partial charge in [-0.1, -0.05) is 18.2 Å². The minimum absolute atomic E-state index is 0.0216. The molecule has 0 atom stereocenters. The van der Waals surface area contributed by atoms with Crippen molar-refractivity contribution in [1.82, 2.24) is 14.3 Å². The van der Waals surface area contributed by atoms with Gasteiger partial charge in [-0.2, -0.15) is 5.10 Å². The highest BCUT2D eigenvalue weighted by Gasteiger charge is 2.35. The zero-order chi connectivity index (χ0) is 22.8. The standard InChI is InChI=1S/C24H28N4O3S/c1-15-13-21(17(3)28(15)20-9-10-20)23(29)14-26-18(4)24(16(2)25-26)32(30,31)27-12-11-19-7-5-6-8-22(19)27/h5-8,13,20H,9-12,14H2,1-4H3. The zero-order valence-electron chi connectivity index (χ0n) is 18.9. The van der Waals surface area contributed by atoms with Gasteiger partial charge >= 0.3 is 0 Å². The topological polar surface area (TPSA) is 77.2 Å². The molecule has 3 aromatic rings. The molecule has 1 fully saturated rings. The number of benzene rings is 1. The number of para-hydroxylation sites is 1. The van der Waals surface area contributed by atoms with Gasteiger partial charge in [0.1, 0.15) is 11.4 Å². The molecule has 32 heavy (non-hydrogen) atoms. The first-order chi connectivity index (χ1) is 15.2. The smallest absolute Gasteiger partial charge is 0.268 e. The van der Waals surface area contributed by atoms with Crippen LogP contribution in [0.25, 0.3) is 0 Å². The molecule has 0 spiro atoms. The lowest BCUT2D eigenvalue weighted by Crippen LogP contribution is -2.30. The maximum absolute atomic E-state index is 13.6. The number of aryl methyl sites for hydroxylation is 2. The number of carbonyl (C=O) groups excluding carboxylic acids is 1. The number of ketones is 1. The van der Waals surface area contributed by atoms with Crippen LogP contribution in [0.4, 0.5) is 5.69 Å². The van der Waals surface area contributed by atoms with E-state index < -0.39 is 10.0 Å². The van der Waals surface area contributed by atoms with E-state index in [4.69, 9.17) is 0 Å². The van der Waals surface area contributed by atoms with Crippen molar-refractivity contribution < 1.29 is 13.2 Å². The number of carbonyl (C=O) groups is 1. The normalized spacial score (nSPS) is 15.9. The van der Waals surface area contributed by atoms with Crippen molar-refractivity contribution in [1.29, 1.82) is 0 Å². The van der Waals surface area contributed by atoms with Crippen LogP contribution >= 0.6 is 0 Å². The number of rotatable bonds is 6. The number of nitrogens with zero attached hydrogens (tertiary/aromatic N) is 4. The van der Waals surface area contributed by atoms with Crippen molar-refractivity contribution in [3.05, 3.63) is 64.2 Å². The Bertz CT molecular complexity index is 1350. The quantitative estimate of drug-likeness (QED) is 0.532. The Balaban J connectivity index is 1.46. The van der Waals surface area contributed by atoms with Gasteiger partial charge in [0.05, 0.1) is 17.1 Å². The summed E-state index contributed by atoms with van der Waals surface area (Å²) in [6, 6.07) is 10.0. The summed E-state index contributed by atoms with van der Waals surface area (Å²) in [4.78, 5) is 13.4. The molecule has 0 N–H and O–H groups in total. The van der Waals surface area contributed by atoms with Crippen LogP contribution in [-0.2, 0) is 23.0 Å². The lowest BCUT2D eigenvalue weighted by Gasteiger charge is -2.19. The molecule has 1 aliphatic carbocycles. The Kier molecular flexibility index (Phi) is 4.81. The third-order valence-electron chi connectivity index (χ3n) is 6.70. The van der Waals surface area contributed by atoms with Crippen molar-refractivity contribution in [3.63, 3.8) is 0 Å². The number of sulfonamides is 1. The number of hydrogen-bond acceptors (Lipinski definition) is 4. The highest BCUT2D eigenvalue weighted by atomic mass is 32.2. The Labute approximate surface area is 188 Å². The van der Waals surface area contributed by atoms with Crippen LogP contribution in [0, 0.1) is 27.7 Å². The minimum atomic E-state index is -3.77. The first-order valence-electron chi connectivity index (χ1n) is 11.1. The molecule has 0 unspecified atom stereocenters. The van der Waals surface area contributed by atoms with E-state index in [1.807, 2.05) is 44.2 Å². The van der Waals surface area contributed by atoms with Crippen molar-refractivity contribution in [2.45, 2.75) is 64.4 Å². The van der Waals surface area contributed by atoms with E-state index in [0.717, 1.165) is 35.5 Å². The minimum Gasteiger partial charge on any atom is -0.345 e. The van der Waals surface area contributed by atoms with E-state index in [1.165, 1.54) is 8.99 Å². The monoisotopic (exact) mass is 452 g/mol. The van der Waals surface area contributed by atoms with E-state index >= 15 is 0 Å². The van der Waals surface area contributed by atoms with Gasteiger partial charge in [0.25, 0.3) is 10.0 Å². The van der Waals surface area contributed by atoms with E-state index in [2.05, 4.69) is 9.67 Å². The molecule has 2 aromatic heterocycles. The number of anilines is 1. The number of Topliss-reactive ketones (excluding diaryl/α,β-unsaturated/α-hetero) is 1. The molecular weight excluding hydrogens is 424 g/mol. The molecule has 0 radical (unpaired) electrons. The predicted molar refractivity (Wildman–Crippen MR) is 123 cm³/mol. The summed E-state index contributed by atoms with van der Waals surface area (Å²) >= 11 is 0. The molecule has 1 aliphatic heterocycles. The highest BCUT2D eigenvalue weighted by molar-refractivity contribution is 7.93. The molecule has 1 aromatic carbocycles. The Hall–Kier alpha value is -2.87. The van der Waals surface area contributed by atoms with E-state index in [-0.39, 0.29) is 17.2 Å². The van der Waals surface area contributed by atoms with Crippen LogP contribution in [0.3, 0.4) is 0 Å². The highest BCUT2D eigenvalue weighted by Crippen LogP contribution is 2.39. The van der Waals surface area contributed by atoms with Crippen molar-refractivity contribution >= 4 is 21.5 Å². The molecule has 8 heteroatoms. The van der Waals surface area contributed by atoms with Crippen molar-refractivity contribution in [2.24, 2.45) is 0 Å². The van der Waals surface area contributed by atoms with Crippen LogP contribution in [0.5, 0.6) is 0 Å². The van der Waals surface area contributed by atoms with Gasteiger partial charge < -0.3 is 4.57 Å². The maximum atomic E-state index is 13.6. The van der Waals surface area contributed by atoms with Crippen LogP contribution in [-0.4, -0.2) is 35.1 Å². The summed E-state index contributed by atoms with van der Waals surface area (Å²) in [5.41, 5.74) is 5.44. The summed E-state index contributed by atoms with van der Waals surface area (Å²) < 4.78 is 32.4. The SMILES string of the molecule is Cc1nn(CC(=O)c2cc(C)n(C3CC3)c2C)c(C)c1S(=O)(=O)N1CCc2ccccc21. The second-order valence-electron chi connectivity index (χ2n) is 8.92. The lowest BCUT2D eigenvalue weighted by molar-refractivity contribution is 0.0966. The summed E-state index contributed by atoms with van der Waals surface area (Å²) in [5, 5.41) is 4.46. The van der Waals surface area contributed by atoms with Gasteiger partial charge in [0.2, 0.25) is 0 Å². The van der Waals surface area contributed by atoms with E-state index in [1.54, 1.807) is 13.8 Å². The molecule has 2 aliphatic rings. The maximum Gasteiger partial charge on any atom is 0.268 e. The zero-order valence-corrected chi connectivity index (χ0v) is 19.7. The Morgan fingerprint density at radius 1 is 1.09 bits per heavy atom. The van der Waals surface area contributed by atoms with Gasteiger partial charge in [-0.05, 0) is 64.7 Å². The molecule has 5 rings (SSSR count). The fraction of sp³-hybridized carbons (Fsp3) is 0.417. The first-order valence-corrected chi connectivity index (χ1v) is 12.5. The molecule has 0 bridgehead atoms. The van der Waals surface area contributed by atoms with Crippen molar-refractivity contribution in [3.8, 4) is 0 Å². The lowest BCUT2D eigenvalue weighted by atomic mass is 10.1. The second kappa shape index (κ2) is 7.33. The molecular formula is C24H28N4O3S. The second-order valence-corrected chi connectivity index (χ2v) is 10.7. The van der Waals surface area contributed by atoms with Crippen LogP contribution in [0.2, 0.25) is 0 Å². The Morgan fingerprint density at radius 2 is 1.81 bits per heavy atom. The first kappa shape index (κ1) is 21.0. The predicted octanol–water partition coefficient (Wildman–Crippen LogP) is 3.89. The third-order valence-corrected chi connectivity index (χ3v) is 8.76.